The Hall–Kier alpha value is -1.06. The van der Waals surface area contributed by atoms with Crippen molar-refractivity contribution < 1.29 is 0 Å². The zero-order valence-electron chi connectivity index (χ0n) is 11.2. The van der Waals surface area contributed by atoms with E-state index in [9.17, 15) is 0 Å². The summed E-state index contributed by atoms with van der Waals surface area (Å²) in [6, 6.07) is 13.7. The number of anilines is 1. The lowest BCUT2D eigenvalue weighted by atomic mass is 10.1. The van der Waals surface area contributed by atoms with Crippen LogP contribution in [0.5, 0.6) is 0 Å². The third-order valence-corrected chi connectivity index (χ3v) is 4.56. The molecule has 1 aliphatic rings. The van der Waals surface area contributed by atoms with E-state index in [1.165, 1.54) is 27.4 Å². The van der Waals surface area contributed by atoms with E-state index in [0.717, 1.165) is 19.6 Å². The van der Waals surface area contributed by atoms with Crippen LogP contribution in [0.1, 0.15) is 13.3 Å². The number of fused-ring (bicyclic) bond motifs is 1. The summed E-state index contributed by atoms with van der Waals surface area (Å²) in [7, 11) is 0. The third-order valence-electron chi connectivity index (χ3n) is 3.87. The number of hydrogen-bond acceptors (Lipinski definition) is 2. The van der Waals surface area contributed by atoms with Crippen LogP contribution in [0, 0.1) is 0 Å². The Kier molecular flexibility index (Phi) is 3.76. The highest BCUT2D eigenvalue weighted by atomic mass is 79.9. The van der Waals surface area contributed by atoms with Gasteiger partial charge in [-0.2, -0.15) is 0 Å². The Labute approximate surface area is 122 Å². The molecule has 0 aromatic heterocycles. The van der Waals surface area contributed by atoms with Gasteiger partial charge in [-0.05, 0) is 30.5 Å². The molecular weight excluding hydrogens is 300 g/mol. The molecule has 2 aromatic carbocycles. The molecule has 100 valence electrons. The number of halogens is 1. The molecule has 1 atom stereocenters. The second-order valence-corrected chi connectivity index (χ2v) is 5.96. The number of rotatable bonds is 3. The summed E-state index contributed by atoms with van der Waals surface area (Å²) in [5, 5.41) is 6.19. The predicted octanol–water partition coefficient (Wildman–Crippen LogP) is 3.79. The first-order valence-corrected chi connectivity index (χ1v) is 7.74. The van der Waals surface area contributed by atoms with Crippen LogP contribution in [0.2, 0.25) is 0 Å². The van der Waals surface area contributed by atoms with Crippen LogP contribution in [0.3, 0.4) is 0 Å². The van der Waals surface area contributed by atoms with Crippen LogP contribution in [0.15, 0.2) is 40.9 Å². The minimum atomic E-state index is 0.632. The topological polar surface area (TPSA) is 15.3 Å². The Morgan fingerprint density at radius 3 is 2.79 bits per heavy atom. The van der Waals surface area contributed by atoms with E-state index in [2.05, 4.69) is 69.5 Å². The quantitative estimate of drug-likeness (QED) is 0.926. The SMILES string of the molecule is CCNC1CCN(c2ccc(Br)c3ccccc23)C1. The van der Waals surface area contributed by atoms with Gasteiger partial charge in [0.25, 0.3) is 0 Å². The first kappa shape index (κ1) is 12.9. The van der Waals surface area contributed by atoms with Gasteiger partial charge in [0, 0.05) is 34.7 Å². The summed E-state index contributed by atoms with van der Waals surface area (Å²) in [5.74, 6) is 0. The average molecular weight is 319 g/mol. The molecule has 1 aliphatic heterocycles. The first-order valence-electron chi connectivity index (χ1n) is 6.95. The van der Waals surface area contributed by atoms with Crippen molar-refractivity contribution in [3.8, 4) is 0 Å². The van der Waals surface area contributed by atoms with Gasteiger partial charge in [-0.1, -0.05) is 47.1 Å². The number of nitrogens with zero attached hydrogens (tertiary/aromatic N) is 1. The molecule has 0 aliphatic carbocycles. The van der Waals surface area contributed by atoms with Crippen LogP contribution >= 0.6 is 15.9 Å². The van der Waals surface area contributed by atoms with E-state index in [-0.39, 0.29) is 0 Å². The summed E-state index contributed by atoms with van der Waals surface area (Å²) in [5.41, 5.74) is 1.36. The van der Waals surface area contributed by atoms with Crippen LogP contribution in [0.4, 0.5) is 5.69 Å². The lowest BCUT2D eigenvalue weighted by molar-refractivity contribution is 0.572. The molecule has 19 heavy (non-hydrogen) atoms. The van der Waals surface area contributed by atoms with Crippen molar-refractivity contribution in [3.05, 3.63) is 40.9 Å². The first-order chi connectivity index (χ1) is 9.29. The van der Waals surface area contributed by atoms with Crippen LogP contribution < -0.4 is 10.2 Å². The van der Waals surface area contributed by atoms with E-state index in [0.29, 0.717) is 6.04 Å². The van der Waals surface area contributed by atoms with Gasteiger partial charge in [-0.15, -0.1) is 0 Å². The van der Waals surface area contributed by atoms with E-state index in [1.807, 2.05) is 0 Å². The maximum absolute atomic E-state index is 3.65. The molecular formula is C16H19BrN2. The van der Waals surface area contributed by atoms with E-state index < -0.39 is 0 Å². The van der Waals surface area contributed by atoms with Gasteiger partial charge < -0.3 is 10.2 Å². The summed E-state index contributed by atoms with van der Waals surface area (Å²) in [6.07, 6.45) is 1.23. The third kappa shape index (κ3) is 2.49. The van der Waals surface area contributed by atoms with E-state index in [1.54, 1.807) is 0 Å². The average Bonchev–Trinajstić information content (AvgIpc) is 2.88. The number of benzene rings is 2. The van der Waals surface area contributed by atoms with Crippen molar-refractivity contribution in [1.29, 1.82) is 0 Å². The van der Waals surface area contributed by atoms with Gasteiger partial charge in [-0.3, -0.25) is 0 Å². The summed E-state index contributed by atoms with van der Waals surface area (Å²) < 4.78 is 1.18. The molecule has 3 rings (SSSR count). The van der Waals surface area contributed by atoms with Crippen molar-refractivity contribution in [3.63, 3.8) is 0 Å². The summed E-state index contributed by atoms with van der Waals surface area (Å²) in [4.78, 5) is 2.50. The number of nitrogens with one attached hydrogen (secondary N) is 1. The van der Waals surface area contributed by atoms with Crippen molar-refractivity contribution >= 4 is 32.4 Å². The molecule has 0 amide bonds. The molecule has 0 saturated carbocycles. The number of likely N-dealkylation sites (N-methyl/N-ethyl adjacent to an activating group) is 1. The molecule has 2 nitrogen and oxygen atoms in total. The van der Waals surface area contributed by atoms with Crippen molar-refractivity contribution in [1.82, 2.24) is 5.32 Å². The molecule has 0 radical (unpaired) electrons. The van der Waals surface area contributed by atoms with Gasteiger partial charge in [0.2, 0.25) is 0 Å². The van der Waals surface area contributed by atoms with Gasteiger partial charge in [0.05, 0.1) is 0 Å². The highest BCUT2D eigenvalue weighted by Crippen LogP contribution is 2.33. The molecule has 3 heteroatoms. The second kappa shape index (κ2) is 5.51. The fourth-order valence-corrected chi connectivity index (χ4v) is 3.43. The lowest BCUT2D eigenvalue weighted by Crippen LogP contribution is -2.32. The molecule has 1 N–H and O–H groups in total. The highest BCUT2D eigenvalue weighted by Gasteiger charge is 2.23. The molecule has 1 saturated heterocycles. The molecule has 1 unspecified atom stereocenters. The van der Waals surface area contributed by atoms with E-state index in [4.69, 9.17) is 0 Å². The molecule has 0 bridgehead atoms. The van der Waals surface area contributed by atoms with Gasteiger partial charge in [0.15, 0.2) is 0 Å². The number of hydrogen-bond donors (Lipinski definition) is 1. The van der Waals surface area contributed by atoms with Crippen LogP contribution in [0.25, 0.3) is 10.8 Å². The zero-order valence-corrected chi connectivity index (χ0v) is 12.8. The molecule has 2 aromatic rings. The Morgan fingerprint density at radius 1 is 1.21 bits per heavy atom. The lowest BCUT2D eigenvalue weighted by Gasteiger charge is -2.21. The smallest absolute Gasteiger partial charge is 0.0447 e. The fraction of sp³-hybridized carbons (Fsp3) is 0.375. The summed E-state index contributed by atoms with van der Waals surface area (Å²) in [6.45, 7) is 5.49. The predicted molar refractivity (Wildman–Crippen MR) is 85.9 cm³/mol. The van der Waals surface area contributed by atoms with Crippen molar-refractivity contribution in [2.75, 3.05) is 24.5 Å². The highest BCUT2D eigenvalue weighted by molar-refractivity contribution is 9.10. The van der Waals surface area contributed by atoms with Crippen molar-refractivity contribution in [2.45, 2.75) is 19.4 Å². The summed E-state index contributed by atoms with van der Waals surface area (Å²) >= 11 is 3.65. The molecule has 0 spiro atoms. The normalized spacial score (nSPS) is 19.3. The van der Waals surface area contributed by atoms with E-state index >= 15 is 0 Å². The monoisotopic (exact) mass is 318 g/mol. The Morgan fingerprint density at radius 2 is 2.00 bits per heavy atom. The largest absolute Gasteiger partial charge is 0.369 e. The van der Waals surface area contributed by atoms with Crippen LogP contribution in [-0.2, 0) is 0 Å². The zero-order chi connectivity index (χ0) is 13.2. The second-order valence-electron chi connectivity index (χ2n) is 5.10. The fourth-order valence-electron chi connectivity index (χ4n) is 2.96. The van der Waals surface area contributed by atoms with Gasteiger partial charge >= 0.3 is 0 Å². The molecule has 1 fully saturated rings. The Balaban J connectivity index is 1.96. The maximum atomic E-state index is 3.65. The standard InChI is InChI=1S/C16H19BrN2/c1-2-18-12-9-10-19(11-12)16-8-7-15(17)13-5-3-4-6-14(13)16/h3-8,12,18H,2,9-11H2,1H3. The maximum Gasteiger partial charge on any atom is 0.0447 e. The van der Waals surface area contributed by atoms with Crippen LogP contribution in [-0.4, -0.2) is 25.7 Å². The molecule has 1 heterocycles. The van der Waals surface area contributed by atoms with Crippen molar-refractivity contribution in [2.24, 2.45) is 0 Å². The minimum Gasteiger partial charge on any atom is -0.369 e. The van der Waals surface area contributed by atoms with Gasteiger partial charge in [0.1, 0.15) is 0 Å². The van der Waals surface area contributed by atoms with Gasteiger partial charge in [-0.25, -0.2) is 0 Å². The minimum absolute atomic E-state index is 0.632. The Bertz CT molecular complexity index is 582.